The van der Waals surface area contributed by atoms with Gasteiger partial charge in [-0.05, 0) is 111 Å². The van der Waals surface area contributed by atoms with Gasteiger partial charge in [0.1, 0.15) is 0 Å². The number of benzene rings is 5. The maximum atomic E-state index is 2.61. The van der Waals surface area contributed by atoms with Crippen LogP contribution in [0.1, 0.15) is 77.5 Å². The first kappa shape index (κ1) is 35.7. The fraction of sp³-hybridized carbons (Fsp3) is 0.250. The number of rotatable bonds is 6. The minimum absolute atomic E-state index is 0.0402. The summed E-state index contributed by atoms with van der Waals surface area (Å²) in [7, 11) is 0. The number of fused-ring (bicyclic) bond motifs is 5. The Morgan fingerprint density at radius 2 is 1.32 bits per heavy atom. The van der Waals surface area contributed by atoms with Crippen LogP contribution in [0.3, 0.4) is 0 Å². The van der Waals surface area contributed by atoms with Crippen LogP contribution < -0.4 is 4.90 Å². The first-order chi connectivity index (χ1) is 27.6. The van der Waals surface area contributed by atoms with E-state index in [4.69, 9.17) is 0 Å². The molecule has 10 rings (SSSR count). The Morgan fingerprint density at radius 3 is 2.05 bits per heavy atom. The van der Waals surface area contributed by atoms with E-state index in [9.17, 15) is 0 Å². The van der Waals surface area contributed by atoms with E-state index >= 15 is 0 Å². The quantitative estimate of drug-likeness (QED) is 0.168. The summed E-state index contributed by atoms with van der Waals surface area (Å²) in [6.45, 7) is 14.5. The Bertz CT molecular complexity index is 2620. The second kappa shape index (κ2) is 13.5. The summed E-state index contributed by atoms with van der Waals surface area (Å²) < 4.78 is 0. The number of allylic oxidation sites excluding steroid dienone is 12. The van der Waals surface area contributed by atoms with Gasteiger partial charge in [-0.3, -0.25) is 0 Å². The number of nitrogens with zero attached hydrogens (tertiary/aromatic N) is 1. The molecule has 0 fully saturated rings. The number of para-hydroxylation sites is 1. The van der Waals surface area contributed by atoms with Crippen LogP contribution in [-0.4, -0.2) is 0 Å². The fourth-order valence-electron chi connectivity index (χ4n) is 11.0. The van der Waals surface area contributed by atoms with Crippen molar-refractivity contribution >= 4 is 16.9 Å². The average molecular weight is 740 g/mol. The first-order valence-electron chi connectivity index (χ1n) is 21.2. The maximum absolute atomic E-state index is 2.61. The minimum Gasteiger partial charge on any atom is -0.314 e. The lowest BCUT2D eigenvalue weighted by Crippen LogP contribution is -2.25. The second-order valence-corrected chi connectivity index (χ2v) is 18.2. The summed E-state index contributed by atoms with van der Waals surface area (Å²) >= 11 is 0. The van der Waals surface area contributed by atoms with E-state index < -0.39 is 0 Å². The predicted molar refractivity (Wildman–Crippen MR) is 242 cm³/mol. The van der Waals surface area contributed by atoms with Gasteiger partial charge in [0.15, 0.2) is 0 Å². The molecular formula is C56H53N. The summed E-state index contributed by atoms with van der Waals surface area (Å²) in [4.78, 5) is 2.61. The predicted octanol–water partition coefficient (Wildman–Crippen LogP) is 15.2. The molecule has 0 amide bonds. The molecule has 0 heterocycles. The molecule has 57 heavy (non-hydrogen) atoms. The van der Waals surface area contributed by atoms with Gasteiger partial charge in [0, 0.05) is 33.7 Å². The van der Waals surface area contributed by atoms with Crippen molar-refractivity contribution in [3.8, 4) is 33.4 Å². The third kappa shape index (κ3) is 5.65. The van der Waals surface area contributed by atoms with Crippen LogP contribution in [0.2, 0.25) is 0 Å². The first-order valence-corrected chi connectivity index (χ1v) is 21.2. The van der Waals surface area contributed by atoms with Crippen LogP contribution in [-0.2, 0) is 5.41 Å². The van der Waals surface area contributed by atoms with E-state index in [0.29, 0.717) is 17.8 Å². The molecule has 5 aromatic carbocycles. The van der Waals surface area contributed by atoms with Crippen molar-refractivity contribution in [2.24, 2.45) is 23.2 Å². The van der Waals surface area contributed by atoms with E-state index in [2.05, 4.69) is 204 Å². The largest absolute Gasteiger partial charge is 0.314 e. The van der Waals surface area contributed by atoms with Crippen molar-refractivity contribution in [1.82, 2.24) is 0 Å². The van der Waals surface area contributed by atoms with Crippen molar-refractivity contribution in [3.63, 3.8) is 0 Å². The smallest absolute Gasteiger partial charge is 0.0536 e. The molecule has 0 aliphatic heterocycles. The Morgan fingerprint density at radius 1 is 0.632 bits per heavy atom. The number of anilines is 2. The highest BCUT2D eigenvalue weighted by atomic mass is 15.2. The molecule has 5 aromatic rings. The molecule has 0 saturated heterocycles. The second-order valence-electron chi connectivity index (χ2n) is 18.2. The van der Waals surface area contributed by atoms with Crippen LogP contribution in [0.5, 0.6) is 0 Å². The van der Waals surface area contributed by atoms with Gasteiger partial charge >= 0.3 is 0 Å². The van der Waals surface area contributed by atoms with Crippen molar-refractivity contribution < 1.29 is 0 Å². The van der Waals surface area contributed by atoms with E-state index in [1.54, 1.807) is 16.7 Å². The third-order valence-electron chi connectivity index (χ3n) is 13.9. The van der Waals surface area contributed by atoms with E-state index in [1.165, 1.54) is 72.7 Å². The Labute approximate surface area is 340 Å². The fourth-order valence-corrected chi connectivity index (χ4v) is 11.0. The molecule has 0 bridgehead atoms. The zero-order chi connectivity index (χ0) is 39.1. The Hall–Kier alpha value is -5.66. The molecule has 3 atom stereocenters. The summed E-state index contributed by atoms with van der Waals surface area (Å²) in [5, 5.41) is 0. The molecule has 5 aliphatic carbocycles. The standard InChI is InChI=1S/C56H53N/c1-36-24-26-40(27-25-36)44-31-32-45(39-19-11-8-12-20-39)54-53(44)46-30-28-42(35-50(46)56(54,5)6)57(51-23-14-13-21-43(51)38-17-9-7-10-18-38)41-29-33-48-47(34-41)52-37(2)16-15-22-49(52)55(48,3)4/h7-15,17-24,26-33,35-37,47H,16,25,34H2,1-6H3. The van der Waals surface area contributed by atoms with Gasteiger partial charge in [0.2, 0.25) is 0 Å². The molecule has 282 valence electrons. The van der Waals surface area contributed by atoms with E-state index in [1.807, 2.05) is 0 Å². The molecule has 0 saturated carbocycles. The zero-order valence-electron chi connectivity index (χ0n) is 34.3. The Kier molecular flexibility index (Phi) is 8.45. The number of hydrogen-bond acceptors (Lipinski definition) is 1. The molecule has 0 N–H and O–H groups in total. The molecule has 0 aromatic heterocycles. The highest BCUT2D eigenvalue weighted by Gasteiger charge is 2.46. The van der Waals surface area contributed by atoms with Crippen LogP contribution >= 0.6 is 0 Å². The lowest BCUT2D eigenvalue weighted by molar-refractivity contribution is 0.516. The van der Waals surface area contributed by atoms with Gasteiger partial charge in [-0.15, -0.1) is 0 Å². The van der Waals surface area contributed by atoms with Crippen molar-refractivity contribution in [2.75, 3.05) is 4.90 Å². The van der Waals surface area contributed by atoms with Gasteiger partial charge in [0.05, 0.1) is 5.69 Å². The Balaban J connectivity index is 1.17. The van der Waals surface area contributed by atoms with E-state index in [0.717, 1.165) is 19.3 Å². The maximum Gasteiger partial charge on any atom is 0.0536 e. The zero-order valence-corrected chi connectivity index (χ0v) is 34.3. The van der Waals surface area contributed by atoms with Crippen LogP contribution in [0.25, 0.3) is 39.0 Å². The summed E-state index contributed by atoms with van der Waals surface area (Å²) in [5.41, 5.74) is 21.7. The SMILES string of the molecule is CC1C=CC(c2ccc(-c3ccccc3)c3c2-c2ccc(N(C4=CC=C5C(C4)C4=C(C=CCC4C)C5(C)C)c4ccccc4-c4ccccc4)cc2C3(C)C)=CC1. The van der Waals surface area contributed by atoms with Gasteiger partial charge < -0.3 is 4.90 Å². The molecule has 0 radical (unpaired) electrons. The van der Waals surface area contributed by atoms with Gasteiger partial charge in [-0.1, -0.05) is 186 Å². The highest BCUT2D eigenvalue weighted by molar-refractivity contribution is 5.98. The van der Waals surface area contributed by atoms with E-state index in [-0.39, 0.29) is 10.8 Å². The molecule has 5 aliphatic rings. The minimum atomic E-state index is -0.230. The summed E-state index contributed by atoms with van der Waals surface area (Å²) in [5.74, 6) is 1.53. The molecule has 3 unspecified atom stereocenters. The lowest BCUT2D eigenvalue weighted by atomic mass is 9.76. The normalized spacial score (nSPS) is 22.2. The number of hydrogen-bond donors (Lipinski definition) is 0. The molecule has 1 nitrogen and oxygen atoms in total. The van der Waals surface area contributed by atoms with Gasteiger partial charge in [0.25, 0.3) is 0 Å². The van der Waals surface area contributed by atoms with Gasteiger partial charge in [-0.2, -0.15) is 0 Å². The topological polar surface area (TPSA) is 3.24 Å². The van der Waals surface area contributed by atoms with Gasteiger partial charge in [-0.25, -0.2) is 0 Å². The summed E-state index contributed by atoms with van der Waals surface area (Å²) in [6, 6.07) is 43.2. The lowest BCUT2D eigenvalue weighted by Gasteiger charge is -2.36. The van der Waals surface area contributed by atoms with Crippen molar-refractivity contribution in [1.29, 1.82) is 0 Å². The van der Waals surface area contributed by atoms with Crippen LogP contribution in [0, 0.1) is 23.2 Å². The highest BCUT2D eigenvalue weighted by Crippen LogP contribution is 2.60. The molecular weight excluding hydrogens is 687 g/mol. The summed E-state index contributed by atoms with van der Waals surface area (Å²) in [6.07, 6.45) is 20.1. The average Bonchev–Trinajstić information content (AvgIpc) is 3.62. The van der Waals surface area contributed by atoms with Crippen LogP contribution in [0.15, 0.2) is 180 Å². The monoisotopic (exact) mass is 739 g/mol. The van der Waals surface area contributed by atoms with Crippen molar-refractivity contribution in [3.05, 3.63) is 197 Å². The molecule has 0 spiro atoms. The molecule has 1 heteroatoms. The third-order valence-corrected chi connectivity index (χ3v) is 13.9. The van der Waals surface area contributed by atoms with Crippen molar-refractivity contribution in [2.45, 2.75) is 66.2 Å². The van der Waals surface area contributed by atoms with Crippen LogP contribution in [0.4, 0.5) is 11.4 Å².